The monoisotopic (exact) mass is 380 g/mol. The number of aryl methyl sites for hydroxylation is 2. The lowest BCUT2D eigenvalue weighted by Gasteiger charge is -2.35. The highest BCUT2D eigenvalue weighted by atomic mass is 19.3. The van der Waals surface area contributed by atoms with E-state index in [0.717, 1.165) is 0 Å². The Morgan fingerprint density at radius 1 is 1.33 bits per heavy atom. The van der Waals surface area contributed by atoms with Crippen LogP contribution in [0, 0.1) is 13.8 Å². The van der Waals surface area contributed by atoms with Crippen molar-refractivity contribution >= 4 is 12.0 Å². The number of amides is 2. The van der Waals surface area contributed by atoms with Crippen LogP contribution in [0.4, 0.5) is 13.6 Å². The van der Waals surface area contributed by atoms with Crippen LogP contribution in [0.25, 0.3) is 0 Å². The summed E-state index contributed by atoms with van der Waals surface area (Å²) in [6.07, 6.45) is 1.54. The SMILES string of the molecule is C=CCN1C(=O)N[C@@H](c2cc(C)c(OC(F)F)c(C)c2)C(C(=O)OC)=C1C. The molecule has 2 amide bonds. The van der Waals surface area contributed by atoms with E-state index in [0.29, 0.717) is 22.4 Å². The first kappa shape index (κ1) is 20.4. The molecular formula is C19H22F2N2O4. The number of ether oxygens (including phenoxy) is 2. The van der Waals surface area contributed by atoms with Crippen LogP contribution < -0.4 is 10.1 Å². The maximum absolute atomic E-state index is 12.6. The number of nitrogens with one attached hydrogen (secondary N) is 1. The maximum atomic E-state index is 12.6. The molecule has 27 heavy (non-hydrogen) atoms. The molecule has 1 aliphatic heterocycles. The van der Waals surface area contributed by atoms with E-state index in [4.69, 9.17) is 4.74 Å². The number of benzene rings is 1. The number of hydrogen-bond acceptors (Lipinski definition) is 4. The van der Waals surface area contributed by atoms with Crippen molar-refractivity contribution in [3.63, 3.8) is 0 Å². The smallest absolute Gasteiger partial charge is 0.387 e. The average molecular weight is 380 g/mol. The molecule has 0 bridgehead atoms. The molecule has 0 unspecified atom stereocenters. The Morgan fingerprint density at radius 2 is 1.93 bits per heavy atom. The minimum Gasteiger partial charge on any atom is -0.466 e. The van der Waals surface area contributed by atoms with Gasteiger partial charge in [0.05, 0.1) is 18.7 Å². The molecule has 0 radical (unpaired) electrons. The molecule has 1 heterocycles. The molecule has 0 saturated heterocycles. The Kier molecular flexibility index (Phi) is 6.20. The Balaban J connectivity index is 2.57. The van der Waals surface area contributed by atoms with Gasteiger partial charge in [-0.05, 0) is 49.6 Å². The standard InChI is InChI=1S/C19H22F2N2O4/c1-6-7-23-12(4)14(17(24)26-5)15(22-19(23)25)13-8-10(2)16(11(3)9-13)27-18(20)21/h6,8-9,15,18H,1,7H2,2-5H3,(H,22,25)/t15-/m0/s1. The minimum atomic E-state index is -2.94. The van der Waals surface area contributed by atoms with Crippen LogP contribution in [0.1, 0.15) is 29.7 Å². The van der Waals surface area contributed by atoms with Crippen LogP contribution in [0.3, 0.4) is 0 Å². The van der Waals surface area contributed by atoms with Crippen molar-refractivity contribution in [3.05, 3.63) is 52.7 Å². The normalized spacial score (nSPS) is 17.1. The van der Waals surface area contributed by atoms with Crippen LogP contribution in [-0.2, 0) is 9.53 Å². The van der Waals surface area contributed by atoms with Crippen molar-refractivity contribution in [2.24, 2.45) is 0 Å². The number of halogens is 2. The molecule has 1 N–H and O–H groups in total. The molecule has 0 aliphatic carbocycles. The van der Waals surface area contributed by atoms with Gasteiger partial charge in [0.1, 0.15) is 5.75 Å². The van der Waals surface area contributed by atoms with Gasteiger partial charge in [0.2, 0.25) is 0 Å². The fourth-order valence-corrected chi connectivity index (χ4v) is 3.18. The van der Waals surface area contributed by atoms with Gasteiger partial charge in [0, 0.05) is 12.2 Å². The fourth-order valence-electron chi connectivity index (χ4n) is 3.18. The molecule has 0 aromatic heterocycles. The Bertz CT molecular complexity index is 782. The third kappa shape index (κ3) is 4.10. The predicted molar refractivity (Wildman–Crippen MR) is 95.4 cm³/mol. The van der Waals surface area contributed by atoms with Gasteiger partial charge >= 0.3 is 18.6 Å². The second-order valence-corrected chi connectivity index (χ2v) is 6.13. The largest absolute Gasteiger partial charge is 0.466 e. The van der Waals surface area contributed by atoms with E-state index in [1.165, 1.54) is 12.0 Å². The number of alkyl halides is 2. The summed E-state index contributed by atoms with van der Waals surface area (Å²) in [4.78, 5) is 26.2. The highest BCUT2D eigenvalue weighted by Gasteiger charge is 2.36. The molecule has 146 valence electrons. The third-order valence-corrected chi connectivity index (χ3v) is 4.34. The summed E-state index contributed by atoms with van der Waals surface area (Å²) < 4.78 is 34.7. The molecule has 6 nitrogen and oxygen atoms in total. The second kappa shape index (κ2) is 8.20. The Labute approximate surface area is 156 Å². The quantitative estimate of drug-likeness (QED) is 0.605. The lowest BCUT2D eigenvalue weighted by atomic mass is 9.92. The van der Waals surface area contributed by atoms with Crippen molar-refractivity contribution in [2.75, 3.05) is 13.7 Å². The number of allylic oxidation sites excluding steroid dienone is 1. The summed E-state index contributed by atoms with van der Waals surface area (Å²) in [6, 6.07) is 2.04. The topological polar surface area (TPSA) is 67.9 Å². The zero-order chi connectivity index (χ0) is 20.3. The minimum absolute atomic E-state index is 0.0736. The first-order valence-electron chi connectivity index (χ1n) is 8.25. The molecule has 0 fully saturated rings. The van der Waals surface area contributed by atoms with Gasteiger partial charge in [0.15, 0.2) is 0 Å². The molecule has 1 atom stereocenters. The van der Waals surface area contributed by atoms with E-state index in [2.05, 4.69) is 16.6 Å². The number of hydrogen-bond donors (Lipinski definition) is 1. The van der Waals surface area contributed by atoms with Crippen molar-refractivity contribution in [1.29, 1.82) is 0 Å². The molecule has 1 aromatic carbocycles. The van der Waals surface area contributed by atoms with Gasteiger partial charge < -0.3 is 14.8 Å². The summed E-state index contributed by atoms with van der Waals surface area (Å²) in [6.45, 7) is 5.79. The molecule has 1 aliphatic rings. The summed E-state index contributed by atoms with van der Waals surface area (Å²) in [5.74, 6) is -0.515. The van der Waals surface area contributed by atoms with Gasteiger partial charge in [0.25, 0.3) is 0 Å². The number of rotatable bonds is 6. The number of carbonyl (C=O) groups is 2. The maximum Gasteiger partial charge on any atom is 0.387 e. The number of esters is 1. The fraction of sp³-hybridized carbons (Fsp3) is 0.368. The zero-order valence-electron chi connectivity index (χ0n) is 15.6. The van der Waals surface area contributed by atoms with Gasteiger partial charge in [-0.2, -0.15) is 8.78 Å². The number of nitrogens with zero attached hydrogens (tertiary/aromatic N) is 1. The summed E-state index contributed by atoms with van der Waals surface area (Å²) in [5.41, 5.74) is 2.21. The molecule has 2 rings (SSSR count). The lowest BCUT2D eigenvalue weighted by molar-refractivity contribution is -0.136. The third-order valence-electron chi connectivity index (χ3n) is 4.34. The van der Waals surface area contributed by atoms with Crippen LogP contribution in [0.2, 0.25) is 0 Å². The van der Waals surface area contributed by atoms with E-state index >= 15 is 0 Å². The number of carbonyl (C=O) groups excluding carboxylic acids is 2. The summed E-state index contributed by atoms with van der Waals surface area (Å²) in [5, 5.41) is 2.77. The average Bonchev–Trinajstić information content (AvgIpc) is 2.60. The first-order valence-corrected chi connectivity index (χ1v) is 8.25. The van der Waals surface area contributed by atoms with Crippen molar-refractivity contribution in [1.82, 2.24) is 10.2 Å². The summed E-state index contributed by atoms with van der Waals surface area (Å²) >= 11 is 0. The predicted octanol–water partition coefficient (Wildman–Crippen LogP) is 3.60. The van der Waals surface area contributed by atoms with Gasteiger partial charge in [-0.15, -0.1) is 6.58 Å². The first-order chi connectivity index (χ1) is 12.7. The molecule has 1 aromatic rings. The van der Waals surface area contributed by atoms with Gasteiger partial charge in [-0.25, -0.2) is 9.59 Å². The van der Waals surface area contributed by atoms with Gasteiger partial charge in [-0.3, -0.25) is 4.90 Å². The van der Waals surface area contributed by atoms with Crippen LogP contribution in [0.5, 0.6) is 5.75 Å². The van der Waals surface area contributed by atoms with Crippen LogP contribution in [0.15, 0.2) is 36.1 Å². The van der Waals surface area contributed by atoms with Crippen molar-refractivity contribution < 1.29 is 27.8 Å². The van der Waals surface area contributed by atoms with Crippen molar-refractivity contribution in [3.8, 4) is 5.75 Å². The Morgan fingerprint density at radius 3 is 2.41 bits per heavy atom. The van der Waals surface area contributed by atoms with Crippen LogP contribution in [-0.4, -0.2) is 37.2 Å². The number of methoxy groups -OCH3 is 1. The highest BCUT2D eigenvalue weighted by Crippen LogP contribution is 2.35. The Hall–Kier alpha value is -2.90. The zero-order valence-corrected chi connectivity index (χ0v) is 15.6. The second-order valence-electron chi connectivity index (χ2n) is 6.13. The van der Waals surface area contributed by atoms with E-state index < -0.39 is 24.7 Å². The van der Waals surface area contributed by atoms with E-state index in [9.17, 15) is 18.4 Å². The lowest BCUT2D eigenvalue weighted by Crippen LogP contribution is -2.48. The van der Waals surface area contributed by atoms with E-state index in [1.807, 2.05) is 0 Å². The molecular weight excluding hydrogens is 358 g/mol. The van der Waals surface area contributed by atoms with E-state index in [1.54, 1.807) is 39.0 Å². The molecule has 0 saturated carbocycles. The molecule has 8 heteroatoms. The van der Waals surface area contributed by atoms with E-state index in [-0.39, 0.29) is 17.9 Å². The summed E-state index contributed by atoms with van der Waals surface area (Å²) in [7, 11) is 1.25. The number of urea groups is 1. The van der Waals surface area contributed by atoms with Gasteiger partial charge in [-0.1, -0.05) is 6.08 Å². The molecule has 0 spiro atoms. The van der Waals surface area contributed by atoms with Crippen LogP contribution >= 0.6 is 0 Å². The van der Waals surface area contributed by atoms with Crippen molar-refractivity contribution in [2.45, 2.75) is 33.4 Å². The highest BCUT2D eigenvalue weighted by molar-refractivity contribution is 5.95.